The van der Waals surface area contributed by atoms with Crippen LogP contribution in [0.1, 0.15) is 45.6 Å². The monoisotopic (exact) mass is 432 g/mol. The highest BCUT2D eigenvalue weighted by atomic mass is 16.5. The van der Waals surface area contributed by atoms with Crippen LogP contribution in [0.15, 0.2) is 66.9 Å². The number of aromatic nitrogens is 1. The van der Waals surface area contributed by atoms with Gasteiger partial charge in [0.25, 0.3) is 0 Å². The van der Waals surface area contributed by atoms with Crippen molar-refractivity contribution in [1.82, 2.24) is 10.3 Å². The minimum absolute atomic E-state index is 0.0256. The molecule has 2 aromatic carbocycles. The zero-order valence-electron chi connectivity index (χ0n) is 17.3. The van der Waals surface area contributed by atoms with Crippen LogP contribution in [0, 0.1) is 0 Å². The molecule has 3 N–H and O–H groups in total. The zero-order valence-corrected chi connectivity index (χ0v) is 17.3. The van der Waals surface area contributed by atoms with Crippen LogP contribution in [0.5, 0.6) is 0 Å². The van der Waals surface area contributed by atoms with Gasteiger partial charge in [0.1, 0.15) is 18.4 Å². The molecule has 1 heterocycles. The lowest BCUT2D eigenvalue weighted by Crippen LogP contribution is -2.30. The molecular formula is C25H24N2O5. The standard InChI is InChI=1S/C25H24N2O5/c28-14-17-10-9-16(13-27-17)24(30)23(29)11-12-26-25(31)32-15-22-20-7-3-1-5-18(20)19-6-2-4-8-21(19)22/h1-10,13-14,22-24,29-30H,11-12,15H2,(H,26,31). The van der Waals surface area contributed by atoms with Gasteiger partial charge in [0, 0.05) is 24.2 Å². The Labute approximate surface area is 185 Å². The van der Waals surface area contributed by atoms with Gasteiger partial charge in [0.2, 0.25) is 0 Å². The highest BCUT2D eigenvalue weighted by molar-refractivity contribution is 5.79. The van der Waals surface area contributed by atoms with E-state index in [-0.39, 0.29) is 31.2 Å². The molecule has 2 atom stereocenters. The maximum Gasteiger partial charge on any atom is 0.407 e. The second-order valence-electron chi connectivity index (χ2n) is 7.69. The van der Waals surface area contributed by atoms with Crippen LogP contribution in [0.4, 0.5) is 4.79 Å². The van der Waals surface area contributed by atoms with E-state index in [0.717, 1.165) is 22.3 Å². The van der Waals surface area contributed by atoms with Crippen molar-refractivity contribution in [2.45, 2.75) is 24.5 Å². The van der Waals surface area contributed by atoms with E-state index < -0.39 is 18.3 Å². The van der Waals surface area contributed by atoms with E-state index in [9.17, 15) is 19.8 Å². The first-order valence-electron chi connectivity index (χ1n) is 10.4. The van der Waals surface area contributed by atoms with Crippen LogP contribution in [0.25, 0.3) is 11.1 Å². The van der Waals surface area contributed by atoms with Gasteiger partial charge in [-0.25, -0.2) is 4.79 Å². The quantitative estimate of drug-likeness (QED) is 0.472. The molecule has 0 bridgehead atoms. The van der Waals surface area contributed by atoms with E-state index in [2.05, 4.69) is 34.6 Å². The lowest BCUT2D eigenvalue weighted by atomic mass is 9.98. The predicted octanol–water partition coefficient (Wildman–Crippen LogP) is 3.22. The number of alkyl carbamates (subject to hydrolysis) is 1. The highest BCUT2D eigenvalue weighted by Crippen LogP contribution is 2.44. The summed E-state index contributed by atoms with van der Waals surface area (Å²) in [6.45, 7) is 0.342. The largest absolute Gasteiger partial charge is 0.449 e. The van der Waals surface area contributed by atoms with Gasteiger partial charge >= 0.3 is 6.09 Å². The highest BCUT2D eigenvalue weighted by Gasteiger charge is 2.29. The van der Waals surface area contributed by atoms with E-state index >= 15 is 0 Å². The molecule has 1 aromatic heterocycles. The number of aliphatic hydroxyl groups excluding tert-OH is 2. The minimum atomic E-state index is -1.17. The molecule has 0 radical (unpaired) electrons. The van der Waals surface area contributed by atoms with Crippen molar-refractivity contribution in [1.29, 1.82) is 0 Å². The Morgan fingerprint density at radius 1 is 1.03 bits per heavy atom. The molecule has 4 rings (SSSR count). The van der Waals surface area contributed by atoms with Crippen LogP contribution in [-0.4, -0.2) is 46.8 Å². The molecule has 1 aliphatic carbocycles. The van der Waals surface area contributed by atoms with Gasteiger partial charge in [-0.3, -0.25) is 9.78 Å². The average Bonchev–Trinajstić information content (AvgIpc) is 3.16. The first-order chi connectivity index (χ1) is 15.6. The van der Waals surface area contributed by atoms with Gasteiger partial charge in [-0.05, 0) is 34.7 Å². The predicted molar refractivity (Wildman–Crippen MR) is 118 cm³/mol. The third-order valence-electron chi connectivity index (χ3n) is 5.69. The SMILES string of the molecule is O=Cc1ccc(C(O)C(O)CCNC(=O)OCC2c3ccccc3-c3ccccc32)cn1. The Morgan fingerprint density at radius 2 is 1.69 bits per heavy atom. The van der Waals surface area contributed by atoms with Gasteiger partial charge < -0.3 is 20.3 Å². The lowest BCUT2D eigenvalue weighted by Gasteiger charge is -2.18. The number of rotatable bonds is 8. The van der Waals surface area contributed by atoms with E-state index in [1.807, 2.05) is 24.3 Å². The number of nitrogens with one attached hydrogen (secondary N) is 1. The molecule has 0 fully saturated rings. The Balaban J connectivity index is 1.27. The third kappa shape index (κ3) is 4.54. The summed E-state index contributed by atoms with van der Waals surface area (Å²) in [7, 11) is 0. The van der Waals surface area contributed by atoms with Crippen molar-refractivity contribution >= 4 is 12.4 Å². The van der Waals surface area contributed by atoms with Crippen molar-refractivity contribution in [3.63, 3.8) is 0 Å². The number of aliphatic hydroxyl groups is 2. The molecule has 0 saturated carbocycles. The Kier molecular flexibility index (Phi) is 6.58. The summed E-state index contributed by atoms with van der Waals surface area (Å²) < 4.78 is 5.45. The van der Waals surface area contributed by atoms with Gasteiger partial charge in [0.05, 0.1) is 6.10 Å². The molecule has 0 aliphatic heterocycles. The Bertz CT molecular complexity index is 1050. The van der Waals surface area contributed by atoms with Gasteiger partial charge in [-0.15, -0.1) is 0 Å². The summed E-state index contributed by atoms with van der Waals surface area (Å²) in [5, 5.41) is 23.0. The number of aldehydes is 1. The molecule has 164 valence electrons. The van der Waals surface area contributed by atoms with E-state index in [4.69, 9.17) is 4.74 Å². The number of nitrogens with zero attached hydrogens (tertiary/aromatic N) is 1. The number of carbonyl (C=O) groups excluding carboxylic acids is 2. The van der Waals surface area contributed by atoms with Gasteiger partial charge in [0.15, 0.2) is 6.29 Å². The molecule has 0 saturated heterocycles. The second kappa shape index (κ2) is 9.72. The van der Waals surface area contributed by atoms with Gasteiger partial charge in [-0.1, -0.05) is 54.6 Å². The summed E-state index contributed by atoms with van der Waals surface area (Å²) in [6.07, 6.45) is -0.784. The fraction of sp³-hybridized carbons (Fsp3) is 0.240. The number of benzene rings is 2. The molecule has 1 aliphatic rings. The number of amides is 1. The van der Waals surface area contributed by atoms with Crippen LogP contribution in [0.2, 0.25) is 0 Å². The fourth-order valence-electron chi connectivity index (χ4n) is 4.01. The smallest absolute Gasteiger partial charge is 0.407 e. The zero-order chi connectivity index (χ0) is 22.5. The van der Waals surface area contributed by atoms with Crippen molar-refractivity contribution < 1.29 is 24.5 Å². The van der Waals surface area contributed by atoms with Crippen LogP contribution < -0.4 is 5.32 Å². The second-order valence-corrected chi connectivity index (χ2v) is 7.69. The van der Waals surface area contributed by atoms with E-state index in [1.165, 1.54) is 18.3 Å². The number of hydrogen-bond donors (Lipinski definition) is 3. The third-order valence-corrected chi connectivity index (χ3v) is 5.69. The normalized spacial score (nSPS) is 14.2. The summed E-state index contributed by atoms with van der Waals surface area (Å²) in [4.78, 5) is 26.7. The van der Waals surface area contributed by atoms with Crippen LogP contribution in [0.3, 0.4) is 0 Å². The molecule has 0 spiro atoms. The molecule has 2 unspecified atom stereocenters. The fourth-order valence-corrected chi connectivity index (χ4v) is 4.01. The van der Waals surface area contributed by atoms with Gasteiger partial charge in [-0.2, -0.15) is 0 Å². The van der Waals surface area contributed by atoms with Crippen molar-refractivity contribution in [3.05, 3.63) is 89.2 Å². The maximum absolute atomic E-state index is 12.2. The lowest BCUT2D eigenvalue weighted by molar-refractivity contribution is 0.0134. The number of hydrogen-bond acceptors (Lipinski definition) is 6. The van der Waals surface area contributed by atoms with Crippen molar-refractivity contribution in [2.75, 3.05) is 13.2 Å². The summed E-state index contributed by atoms with van der Waals surface area (Å²) >= 11 is 0. The molecule has 7 heteroatoms. The topological polar surface area (TPSA) is 109 Å². The average molecular weight is 432 g/mol. The van der Waals surface area contributed by atoms with E-state index in [0.29, 0.717) is 11.8 Å². The first kappa shape index (κ1) is 21.7. The maximum atomic E-state index is 12.2. The van der Waals surface area contributed by atoms with Crippen molar-refractivity contribution in [2.24, 2.45) is 0 Å². The summed E-state index contributed by atoms with van der Waals surface area (Å²) in [5.74, 6) is -0.0256. The molecule has 32 heavy (non-hydrogen) atoms. The number of carbonyl (C=O) groups is 2. The number of pyridine rings is 1. The minimum Gasteiger partial charge on any atom is -0.449 e. The molecular weight excluding hydrogens is 408 g/mol. The van der Waals surface area contributed by atoms with Crippen LogP contribution in [-0.2, 0) is 4.74 Å². The van der Waals surface area contributed by atoms with E-state index in [1.54, 1.807) is 0 Å². The van der Waals surface area contributed by atoms with Crippen LogP contribution >= 0.6 is 0 Å². The summed E-state index contributed by atoms with van der Waals surface area (Å²) in [6, 6.07) is 19.2. The first-order valence-corrected chi connectivity index (χ1v) is 10.4. The Hall–Kier alpha value is -3.55. The molecule has 1 amide bonds. The Morgan fingerprint density at radius 3 is 2.28 bits per heavy atom. The number of fused-ring (bicyclic) bond motifs is 3. The summed E-state index contributed by atoms with van der Waals surface area (Å²) in [5.41, 5.74) is 5.22. The number of ether oxygens (including phenoxy) is 1. The molecule has 3 aromatic rings. The van der Waals surface area contributed by atoms with Crippen molar-refractivity contribution in [3.8, 4) is 11.1 Å². The molecule has 7 nitrogen and oxygen atoms in total.